The largest absolute Gasteiger partial charge is 0.308 e. The van der Waals surface area contributed by atoms with Crippen LogP contribution in [0.4, 0.5) is 0 Å². The summed E-state index contributed by atoms with van der Waals surface area (Å²) in [6.45, 7) is 3.22. The summed E-state index contributed by atoms with van der Waals surface area (Å²) >= 11 is 5.57. The number of likely N-dealkylation sites (N-methyl/N-ethyl adjacent to an activating group) is 2. The van der Waals surface area contributed by atoms with Crippen molar-refractivity contribution in [2.75, 3.05) is 20.6 Å². The van der Waals surface area contributed by atoms with Gasteiger partial charge in [0.2, 0.25) is 0 Å². The van der Waals surface area contributed by atoms with Gasteiger partial charge in [-0.3, -0.25) is 0 Å². The minimum absolute atomic E-state index is 0.281. The lowest BCUT2D eigenvalue weighted by Gasteiger charge is -2.43. The normalized spacial score (nSPS) is 20.5. The van der Waals surface area contributed by atoms with Gasteiger partial charge in [-0.2, -0.15) is 0 Å². The Morgan fingerprint density at radius 1 is 1.44 bits per heavy atom. The van der Waals surface area contributed by atoms with Gasteiger partial charge in [-0.05, 0) is 60.9 Å². The molecule has 1 atom stereocenters. The monoisotopic (exact) mass is 330 g/mol. The van der Waals surface area contributed by atoms with Crippen molar-refractivity contribution in [3.63, 3.8) is 0 Å². The maximum Gasteiger partial charge on any atom is 0.0612 e. The summed E-state index contributed by atoms with van der Waals surface area (Å²) in [5.74, 6) is 0. The van der Waals surface area contributed by atoms with Crippen LogP contribution < -0.4 is 5.32 Å². The number of halogens is 1. The van der Waals surface area contributed by atoms with Crippen LogP contribution in [0.25, 0.3) is 0 Å². The SMILES string of the molecule is CCNC(c1sccc1Br)C1(N(C)C)CCCC1. The van der Waals surface area contributed by atoms with Crippen LogP contribution in [0, 0.1) is 0 Å². The molecule has 102 valence electrons. The van der Waals surface area contributed by atoms with E-state index in [1.165, 1.54) is 35.0 Å². The number of hydrogen-bond acceptors (Lipinski definition) is 3. The van der Waals surface area contributed by atoms with Crippen molar-refractivity contribution in [3.8, 4) is 0 Å². The molecule has 1 aliphatic rings. The molecule has 0 radical (unpaired) electrons. The number of nitrogens with zero attached hydrogens (tertiary/aromatic N) is 1. The highest BCUT2D eigenvalue weighted by molar-refractivity contribution is 9.10. The molecule has 1 aromatic heterocycles. The molecule has 1 unspecified atom stereocenters. The average molecular weight is 331 g/mol. The van der Waals surface area contributed by atoms with Crippen molar-refractivity contribution in [1.29, 1.82) is 0 Å². The Kier molecular flexibility index (Phi) is 4.86. The van der Waals surface area contributed by atoms with Crippen molar-refractivity contribution >= 4 is 27.3 Å². The first-order valence-electron chi connectivity index (χ1n) is 6.75. The highest BCUT2D eigenvalue weighted by Crippen LogP contribution is 2.46. The lowest BCUT2D eigenvalue weighted by molar-refractivity contribution is 0.107. The first kappa shape index (κ1) is 14.5. The lowest BCUT2D eigenvalue weighted by atomic mass is 9.85. The zero-order valence-electron chi connectivity index (χ0n) is 11.5. The molecular formula is C14H23BrN2S. The topological polar surface area (TPSA) is 15.3 Å². The van der Waals surface area contributed by atoms with E-state index in [-0.39, 0.29) is 5.54 Å². The summed E-state index contributed by atoms with van der Waals surface area (Å²) in [6.07, 6.45) is 5.29. The van der Waals surface area contributed by atoms with E-state index in [2.05, 4.69) is 58.6 Å². The third kappa shape index (κ3) is 2.53. The van der Waals surface area contributed by atoms with Gasteiger partial charge in [0.05, 0.1) is 6.04 Å². The third-order valence-electron chi connectivity index (χ3n) is 4.21. The molecule has 0 bridgehead atoms. The molecule has 1 aliphatic carbocycles. The summed E-state index contributed by atoms with van der Waals surface area (Å²) in [4.78, 5) is 3.90. The molecule has 1 N–H and O–H groups in total. The molecule has 0 spiro atoms. The maximum atomic E-state index is 3.73. The van der Waals surface area contributed by atoms with Crippen LogP contribution in [0.3, 0.4) is 0 Å². The van der Waals surface area contributed by atoms with Crippen molar-refractivity contribution in [3.05, 3.63) is 20.8 Å². The van der Waals surface area contributed by atoms with E-state index in [1.54, 1.807) is 0 Å². The number of rotatable bonds is 5. The Morgan fingerprint density at radius 2 is 2.11 bits per heavy atom. The molecule has 0 aliphatic heterocycles. The first-order chi connectivity index (χ1) is 8.62. The second-order valence-corrected chi connectivity index (χ2v) is 7.13. The fourth-order valence-electron chi connectivity index (χ4n) is 3.22. The highest BCUT2D eigenvalue weighted by Gasteiger charge is 2.44. The van der Waals surface area contributed by atoms with E-state index in [0.717, 1.165) is 6.54 Å². The Morgan fingerprint density at radius 3 is 2.56 bits per heavy atom. The van der Waals surface area contributed by atoms with Crippen LogP contribution in [0.1, 0.15) is 43.5 Å². The number of thiophene rings is 1. The van der Waals surface area contributed by atoms with E-state index < -0.39 is 0 Å². The smallest absolute Gasteiger partial charge is 0.0612 e. The van der Waals surface area contributed by atoms with E-state index in [1.807, 2.05) is 11.3 Å². The first-order valence-corrected chi connectivity index (χ1v) is 8.43. The Hall–Kier alpha value is 0.1000. The summed E-state index contributed by atoms with van der Waals surface area (Å²) < 4.78 is 1.26. The molecule has 4 heteroatoms. The quantitative estimate of drug-likeness (QED) is 0.876. The zero-order chi connectivity index (χ0) is 13.2. The van der Waals surface area contributed by atoms with Gasteiger partial charge in [0.25, 0.3) is 0 Å². The number of nitrogens with one attached hydrogen (secondary N) is 1. The van der Waals surface area contributed by atoms with Crippen molar-refractivity contribution in [2.45, 2.75) is 44.2 Å². The van der Waals surface area contributed by atoms with Gasteiger partial charge >= 0.3 is 0 Å². The summed E-state index contributed by atoms with van der Waals surface area (Å²) in [7, 11) is 4.47. The Balaban J connectivity index is 2.37. The number of hydrogen-bond donors (Lipinski definition) is 1. The summed E-state index contributed by atoms with van der Waals surface area (Å²) in [5, 5.41) is 5.91. The fourth-order valence-corrected chi connectivity index (χ4v) is 5.01. The van der Waals surface area contributed by atoms with E-state index in [0.29, 0.717) is 6.04 Å². The summed E-state index contributed by atoms with van der Waals surface area (Å²) in [6, 6.07) is 2.61. The zero-order valence-corrected chi connectivity index (χ0v) is 13.9. The molecular weight excluding hydrogens is 308 g/mol. The third-order valence-corrected chi connectivity index (χ3v) is 6.15. The molecule has 2 nitrogen and oxygen atoms in total. The van der Waals surface area contributed by atoms with Gasteiger partial charge < -0.3 is 10.2 Å². The van der Waals surface area contributed by atoms with Crippen LogP contribution >= 0.6 is 27.3 Å². The van der Waals surface area contributed by atoms with Crippen LogP contribution in [-0.4, -0.2) is 31.1 Å². The molecule has 1 fully saturated rings. The van der Waals surface area contributed by atoms with Gasteiger partial charge in [-0.15, -0.1) is 11.3 Å². The molecule has 2 rings (SSSR count). The van der Waals surface area contributed by atoms with Crippen LogP contribution in [-0.2, 0) is 0 Å². The van der Waals surface area contributed by atoms with E-state index in [9.17, 15) is 0 Å². The molecule has 18 heavy (non-hydrogen) atoms. The Bertz CT molecular complexity index is 383. The second-order valence-electron chi connectivity index (χ2n) is 5.33. The maximum absolute atomic E-state index is 3.73. The average Bonchev–Trinajstić information content (AvgIpc) is 2.95. The molecule has 1 heterocycles. The van der Waals surface area contributed by atoms with Gasteiger partial charge in [-0.1, -0.05) is 19.8 Å². The minimum atomic E-state index is 0.281. The van der Waals surface area contributed by atoms with Crippen LogP contribution in [0.5, 0.6) is 0 Å². The molecule has 0 amide bonds. The van der Waals surface area contributed by atoms with Crippen LogP contribution in [0.15, 0.2) is 15.9 Å². The van der Waals surface area contributed by atoms with Gasteiger partial charge in [0.1, 0.15) is 0 Å². The molecule has 0 saturated heterocycles. The summed E-state index contributed by atoms with van der Waals surface area (Å²) in [5.41, 5.74) is 0.281. The highest BCUT2D eigenvalue weighted by atomic mass is 79.9. The van der Waals surface area contributed by atoms with Crippen molar-refractivity contribution in [1.82, 2.24) is 10.2 Å². The fraction of sp³-hybridized carbons (Fsp3) is 0.714. The van der Waals surface area contributed by atoms with E-state index >= 15 is 0 Å². The van der Waals surface area contributed by atoms with Gasteiger partial charge in [0.15, 0.2) is 0 Å². The molecule has 1 aromatic rings. The predicted octanol–water partition coefficient (Wildman–Crippen LogP) is 4.04. The molecule has 1 saturated carbocycles. The van der Waals surface area contributed by atoms with Crippen LogP contribution in [0.2, 0.25) is 0 Å². The van der Waals surface area contributed by atoms with Gasteiger partial charge in [-0.25, -0.2) is 0 Å². The van der Waals surface area contributed by atoms with Crippen molar-refractivity contribution in [2.24, 2.45) is 0 Å². The minimum Gasteiger partial charge on any atom is -0.308 e. The van der Waals surface area contributed by atoms with Gasteiger partial charge in [0, 0.05) is 14.9 Å². The van der Waals surface area contributed by atoms with E-state index in [4.69, 9.17) is 0 Å². The standard InChI is InChI=1S/C14H23BrN2S/c1-4-16-13(12-11(15)7-10-18-12)14(17(2)3)8-5-6-9-14/h7,10,13,16H,4-6,8-9H2,1-3H3. The lowest BCUT2D eigenvalue weighted by Crippen LogP contribution is -2.51. The molecule has 0 aromatic carbocycles. The van der Waals surface area contributed by atoms with Crippen molar-refractivity contribution < 1.29 is 0 Å². The Labute approximate surface area is 123 Å². The second kappa shape index (κ2) is 6.04. The predicted molar refractivity (Wildman–Crippen MR) is 83.3 cm³/mol.